The predicted molar refractivity (Wildman–Crippen MR) is 89.9 cm³/mol. The zero-order valence-corrected chi connectivity index (χ0v) is 13.8. The van der Waals surface area contributed by atoms with Crippen molar-refractivity contribution in [3.05, 3.63) is 29.5 Å². The summed E-state index contributed by atoms with van der Waals surface area (Å²) in [6.07, 6.45) is 0.0424. The number of morpholine rings is 1. The molecule has 1 saturated heterocycles. The topological polar surface area (TPSA) is 66.7 Å². The number of aryl methyl sites for hydroxylation is 2. The zero-order chi connectivity index (χ0) is 16.4. The number of furan rings is 1. The molecule has 1 unspecified atom stereocenters. The summed E-state index contributed by atoms with van der Waals surface area (Å²) >= 11 is 0. The first-order valence-corrected chi connectivity index (χ1v) is 7.87. The molecule has 1 atom stereocenters. The SMILES string of the molecule is Cc1oc2ccc(NC(=O)NCC3CN(C)CCO3)cc2c1C. The molecular weight excluding hydrogens is 294 g/mol. The van der Waals surface area contributed by atoms with Gasteiger partial charge in [-0.25, -0.2) is 4.79 Å². The summed E-state index contributed by atoms with van der Waals surface area (Å²) in [5.41, 5.74) is 2.69. The van der Waals surface area contributed by atoms with E-state index in [1.807, 2.05) is 32.0 Å². The van der Waals surface area contributed by atoms with Gasteiger partial charge >= 0.3 is 6.03 Å². The second kappa shape index (κ2) is 6.60. The molecule has 2 amide bonds. The highest BCUT2D eigenvalue weighted by molar-refractivity contribution is 5.93. The van der Waals surface area contributed by atoms with Crippen molar-refractivity contribution in [1.82, 2.24) is 10.2 Å². The van der Waals surface area contributed by atoms with Gasteiger partial charge in [0.05, 0.1) is 12.7 Å². The zero-order valence-electron chi connectivity index (χ0n) is 13.8. The van der Waals surface area contributed by atoms with Crippen molar-refractivity contribution in [2.75, 3.05) is 38.6 Å². The third-order valence-corrected chi connectivity index (χ3v) is 4.26. The monoisotopic (exact) mass is 317 g/mol. The Labute approximate surface area is 135 Å². The van der Waals surface area contributed by atoms with Gasteiger partial charge in [-0.15, -0.1) is 0 Å². The molecule has 1 aliphatic rings. The quantitative estimate of drug-likeness (QED) is 0.913. The molecule has 0 radical (unpaired) electrons. The van der Waals surface area contributed by atoms with Gasteiger partial charge in [0.25, 0.3) is 0 Å². The van der Waals surface area contributed by atoms with E-state index >= 15 is 0 Å². The van der Waals surface area contributed by atoms with Crippen LogP contribution in [0.25, 0.3) is 11.0 Å². The van der Waals surface area contributed by atoms with Crippen LogP contribution in [0.5, 0.6) is 0 Å². The van der Waals surface area contributed by atoms with Gasteiger partial charge in [0.1, 0.15) is 11.3 Å². The molecule has 2 heterocycles. The number of carbonyl (C=O) groups excluding carboxylic acids is 1. The van der Waals surface area contributed by atoms with Crippen molar-refractivity contribution in [3.8, 4) is 0 Å². The van der Waals surface area contributed by atoms with E-state index in [0.29, 0.717) is 13.2 Å². The summed E-state index contributed by atoms with van der Waals surface area (Å²) in [5.74, 6) is 0.903. The fourth-order valence-corrected chi connectivity index (χ4v) is 2.79. The molecule has 0 saturated carbocycles. The van der Waals surface area contributed by atoms with Gasteiger partial charge < -0.3 is 24.7 Å². The molecule has 0 bridgehead atoms. The lowest BCUT2D eigenvalue weighted by atomic mass is 10.1. The number of ether oxygens (including phenoxy) is 1. The second-order valence-corrected chi connectivity index (χ2v) is 6.08. The van der Waals surface area contributed by atoms with Crippen LogP contribution >= 0.6 is 0 Å². The highest BCUT2D eigenvalue weighted by Crippen LogP contribution is 2.27. The first-order chi connectivity index (χ1) is 11.0. The minimum absolute atomic E-state index is 0.0424. The Bertz CT molecular complexity index is 710. The van der Waals surface area contributed by atoms with Crippen LogP contribution in [0.1, 0.15) is 11.3 Å². The maximum absolute atomic E-state index is 12.0. The Morgan fingerprint density at radius 1 is 1.39 bits per heavy atom. The van der Waals surface area contributed by atoms with E-state index < -0.39 is 0 Å². The highest BCUT2D eigenvalue weighted by Gasteiger charge is 2.18. The van der Waals surface area contributed by atoms with E-state index in [4.69, 9.17) is 9.15 Å². The molecule has 6 heteroatoms. The van der Waals surface area contributed by atoms with E-state index in [0.717, 1.165) is 41.1 Å². The third kappa shape index (κ3) is 3.65. The number of hydrogen-bond donors (Lipinski definition) is 2. The molecule has 0 spiro atoms. The number of likely N-dealkylation sites (N-methyl/N-ethyl adjacent to an activating group) is 1. The van der Waals surface area contributed by atoms with E-state index in [9.17, 15) is 4.79 Å². The summed E-state index contributed by atoms with van der Waals surface area (Å²) in [5, 5.41) is 6.75. The van der Waals surface area contributed by atoms with Gasteiger partial charge in [-0.1, -0.05) is 0 Å². The number of amides is 2. The van der Waals surface area contributed by atoms with Crippen LogP contribution in [0.4, 0.5) is 10.5 Å². The number of rotatable bonds is 3. The first kappa shape index (κ1) is 15.8. The van der Waals surface area contributed by atoms with Crippen LogP contribution in [0, 0.1) is 13.8 Å². The van der Waals surface area contributed by atoms with Gasteiger partial charge in [0.15, 0.2) is 0 Å². The number of carbonyl (C=O) groups is 1. The fraction of sp³-hybridized carbons (Fsp3) is 0.471. The van der Waals surface area contributed by atoms with Crippen LogP contribution < -0.4 is 10.6 Å². The molecule has 1 fully saturated rings. The Hall–Kier alpha value is -2.05. The molecule has 1 aromatic carbocycles. The van der Waals surface area contributed by atoms with Gasteiger partial charge in [-0.05, 0) is 44.7 Å². The summed E-state index contributed by atoms with van der Waals surface area (Å²) < 4.78 is 11.3. The molecule has 1 aromatic heterocycles. The second-order valence-electron chi connectivity index (χ2n) is 6.08. The average molecular weight is 317 g/mol. The number of fused-ring (bicyclic) bond motifs is 1. The summed E-state index contributed by atoms with van der Waals surface area (Å²) in [6, 6.07) is 5.43. The molecule has 23 heavy (non-hydrogen) atoms. The van der Waals surface area contributed by atoms with Gasteiger partial charge in [0.2, 0.25) is 0 Å². The third-order valence-electron chi connectivity index (χ3n) is 4.26. The number of benzene rings is 1. The summed E-state index contributed by atoms with van der Waals surface area (Å²) in [7, 11) is 2.06. The fourth-order valence-electron chi connectivity index (χ4n) is 2.79. The summed E-state index contributed by atoms with van der Waals surface area (Å²) in [6.45, 7) is 6.94. The maximum atomic E-state index is 12.0. The van der Waals surface area contributed by atoms with E-state index in [2.05, 4.69) is 22.6 Å². The minimum atomic E-state index is -0.223. The maximum Gasteiger partial charge on any atom is 0.319 e. The number of hydrogen-bond acceptors (Lipinski definition) is 4. The Kier molecular flexibility index (Phi) is 4.54. The lowest BCUT2D eigenvalue weighted by Gasteiger charge is -2.30. The number of nitrogens with zero attached hydrogens (tertiary/aromatic N) is 1. The number of nitrogens with one attached hydrogen (secondary N) is 2. The molecule has 2 aromatic rings. The lowest BCUT2D eigenvalue weighted by molar-refractivity contribution is -0.0166. The molecule has 1 aliphatic heterocycles. The molecule has 6 nitrogen and oxygen atoms in total. The van der Waals surface area contributed by atoms with Gasteiger partial charge in [0, 0.05) is 30.7 Å². The van der Waals surface area contributed by atoms with Crippen LogP contribution in [-0.2, 0) is 4.74 Å². The van der Waals surface area contributed by atoms with Crippen LogP contribution in [0.2, 0.25) is 0 Å². The molecule has 3 rings (SSSR count). The Morgan fingerprint density at radius 2 is 2.22 bits per heavy atom. The Morgan fingerprint density at radius 3 is 3.00 bits per heavy atom. The molecule has 2 N–H and O–H groups in total. The Balaban J connectivity index is 1.58. The van der Waals surface area contributed by atoms with Crippen molar-refractivity contribution in [2.24, 2.45) is 0 Å². The van der Waals surface area contributed by atoms with Crippen LogP contribution in [0.15, 0.2) is 22.6 Å². The van der Waals surface area contributed by atoms with Crippen LogP contribution in [0.3, 0.4) is 0 Å². The van der Waals surface area contributed by atoms with Crippen LogP contribution in [-0.4, -0.2) is 50.3 Å². The van der Waals surface area contributed by atoms with Crippen molar-refractivity contribution in [3.63, 3.8) is 0 Å². The lowest BCUT2D eigenvalue weighted by Crippen LogP contribution is -2.46. The average Bonchev–Trinajstić information content (AvgIpc) is 2.80. The van der Waals surface area contributed by atoms with Crippen molar-refractivity contribution in [1.29, 1.82) is 0 Å². The predicted octanol–water partition coefficient (Wildman–Crippen LogP) is 2.50. The van der Waals surface area contributed by atoms with Crippen molar-refractivity contribution in [2.45, 2.75) is 20.0 Å². The first-order valence-electron chi connectivity index (χ1n) is 7.87. The minimum Gasteiger partial charge on any atom is -0.461 e. The van der Waals surface area contributed by atoms with Gasteiger partial charge in [-0.3, -0.25) is 0 Å². The molecule has 124 valence electrons. The largest absolute Gasteiger partial charge is 0.461 e. The normalized spacial score (nSPS) is 19.0. The summed E-state index contributed by atoms with van der Waals surface area (Å²) in [4.78, 5) is 14.2. The number of urea groups is 1. The van der Waals surface area contributed by atoms with E-state index in [1.54, 1.807) is 0 Å². The highest BCUT2D eigenvalue weighted by atomic mass is 16.5. The number of anilines is 1. The smallest absolute Gasteiger partial charge is 0.319 e. The van der Waals surface area contributed by atoms with Crippen molar-refractivity contribution >= 4 is 22.7 Å². The van der Waals surface area contributed by atoms with E-state index in [-0.39, 0.29) is 12.1 Å². The molecular formula is C17H23N3O3. The van der Waals surface area contributed by atoms with E-state index in [1.165, 1.54) is 0 Å². The molecule has 0 aliphatic carbocycles. The standard InChI is InChI=1S/C17H23N3O3/c1-11-12(2)23-16-5-4-13(8-15(11)16)19-17(21)18-9-14-10-20(3)6-7-22-14/h4-5,8,14H,6-7,9-10H2,1-3H3,(H2,18,19,21). The van der Waals surface area contributed by atoms with Crippen molar-refractivity contribution < 1.29 is 13.9 Å². The van der Waals surface area contributed by atoms with Gasteiger partial charge in [-0.2, -0.15) is 0 Å².